The predicted molar refractivity (Wildman–Crippen MR) is 89.0 cm³/mol. The van der Waals surface area contributed by atoms with Crippen LogP contribution in [0.15, 0.2) is 71.6 Å². The largest absolute Gasteiger partial charge is 0.254 e. The number of benzene rings is 2. The molecule has 1 atom stereocenters. The Morgan fingerprint density at radius 1 is 0.909 bits per heavy atom. The summed E-state index contributed by atoms with van der Waals surface area (Å²) < 4.78 is 12.4. The van der Waals surface area contributed by atoms with E-state index in [1.165, 1.54) is 0 Å². The summed E-state index contributed by atoms with van der Waals surface area (Å²) in [5.41, 5.74) is 1.55. The van der Waals surface area contributed by atoms with Crippen molar-refractivity contribution in [3.8, 4) is 11.4 Å². The van der Waals surface area contributed by atoms with Crippen LogP contribution in [-0.2, 0) is 16.6 Å². The second-order valence-electron chi connectivity index (χ2n) is 4.67. The quantitative estimate of drug-likeness (QED) is 0.677. The van der Waals surface area contributed by atoms with E-state index in [9.17, 15) is 4.21 Å². The van der Waals surface area contributed by atoms with Crippen LogP contribution in [0.25, 0.3) is 11.4 Å². The first-order valence-corrected chi connectivity index (χ1v) is 8.44. The predicted octanol–water partition coefficient (Wildman–Crippen LogP) is 4.10. The minimum atomic E-state index is -1.16. The molecule has 0 radical (unpaired) electrons. The van der Waals surface area contributed by atoms with Gasteiger partial charge in [-0.15, -0.1) is 0 Å². The number of rotatable bonds is 4. The molecule has 0 saturated carbocycles. The summed E-state index contributed by atoms with van der Waals surface area (Å²) in [4.78, 5) is 9.50. The van der Waals surface area contributed by atoms with Crippen LogP contribution in [0.2, 0.25) is 5.15 Å². The summed E-state index contributed by atoms with van der Waals surface area (Å²) in [5.74, 6) is 0.861. The molecule has 0 N–H and O–H groups in total. The highest BCUT2D eigenvalue weighted by Gasteiger charge is 2.10. The highest BCUT2D eigenvalue weighted by Crippen LogP contribution is 2.19. The van der Waals surface area contributed by atoms with Gasteiger partial charge in [0.05, 0.1) is 22.2 Å². The number of nitrogens with zero attached hydrogens (tertiary/aromatic N) is 2. The van der Waals surface area contributed by atoms with E-state index < -0.39 is 10.8 Å². The van der Waals surface area contributed by atoms with Crippen LogP contribution in [0.4, 0.5) is 0 Å². The van der Waals surface area contributed by atoms with Crippen molar-refractivity contribution < 1.29 is 4.21 Å². The van der Waals surface area contributed by atoms with E-state index in [1.807, 2.05) is 60.7 Å². The van der Waals surface area contributed by atoms with E-state index in [0.717, 1.165) is 10.5 Å². The Balaban J connectivity index is 1.89. The van der Waals surface area contributed by atoms with Crippen LogP contribution in [0.5, 0.6) is 0 Å². The lowest BCUT2D eigenvalue weighted by molar-refractivity contribution is 0.682. The summed E-state index contributed by atoms with van der Waals surface area (Å²) in [6.07, 6.45) is 0. The Bertz CT molecular complexity index is 794. The van der Waals surface area contributed by atoms with E-state index in [2.05, 4.69) is 9.97 Å². The third kappa shape index (κ3) is 3.59. The van der Waals surface area contributed by atoms with Crippen molar-refractivity contribution in [3.05, 3.63) is 77.6 Å². The van der Waals surface area contributed by atoms with E-state index >= 15 is 0 Å². The Morgan fingerprint density at radius 2 is 1.55 bits per heavy atom. The molecule has 2 aromatic carbocycles. The van der Waals surface area contributed by atoms with Crippen LogP contribution < -0.4 is 0 Å². The van der Waals surface area contributed by atoms with Gasteiger partial charge in [-0.1, -0.05) is 60.1 Å². The Labute approximate surface area is 136 Å². The van der Waals surface area contributed by atoms with Crippen molar-refractivity contribution >= 4 is 22.4 Å². The van der Waals surface area contributed by atoms with E-state index in [0.29, 0.717) is 22.4 Å². The fourth-order valence-electron chi connectivity index (χ4n) is 2.04. The lowest BCUT2D eigenvalue weighted by Crippen LogP contribution is -2.01. The van der Waals surface area contributed by atoms with Crippen molar-refractivity contribution in [3.63, 3.8) is 0 Å². The van der Waals surface area contributed by atoms with Gasteiger partial charge in [-0.2, -0.15) is 0 Å². The van der Waals surface area contributed by atoms with Gasteiger partial charge < -0.3 is 0 Å². The van der Waals surface area contributed by atoms with Crippen molar-refractivity contribution in [1.29, 1.82) is 0 Å². The standard InChI is InChI=1S/C17H13ClN2OS/c18-16-11-14(12-22(21)15-9-5-2-6-10-15)19-17(20-16)13-7-3-1-4-8-13/h1-11H,12H2. The number of hydrogen-bond donors (Lipinski definition) is 0. The highest BCUT2D eigenvalue weighted by molar-refractivity contribution is 7.84. The summed E-state index contributed by atoms with van der Waals surface area (Å²) in [6, 6.07) is 20.6. The van der Waals surface area contributed by atoms with Crippen molar-refractivity contribution in [1.82, 2.24) is 9.97 Å². The summed E-state index contributed by atoms with van der Waals surface area (Å²) >= 11 is 6.08. The molecule has 3 nitrogen and oxygen atoms in total. The zero-order valence-corrected chi connectivity index (χ0v) is 13.2. The maximum Gasteiger partial charge on any atom is 0.161 e. The Hall–Kier alpha value is -2.04. The zero-order chi connectivity index (χ0) is 15.4. The van der Waals surface area contributed by atoms with E-state index in [4.69, 9.17) is 11.6 Å². The molecule has 0 aliphatic rings. The van der Waals surface area contributed by atoms with Crippen LogP contribution in [-0.4, -0.2) is 14.2 Å². The number of aromatic nitrogens is 2. The summed E-state index contributed by atoms with van der Waals surface area (Å²) in [7, 11) is -1.16. The van der Waals surface area contributed by atoms with E-state index in [-0.39, 0.29) is 0 Å². The molecule has 5 heteroatoms. The molecule has 110 valence electrons. The molecule has 0 bridgehead atoms. The molecular weight excluding hydrogens is 316 g/mol. The van der Waals surface area contributed by atoms with Crippen molar-refractivity contribution in [2.45, 2.75) is 10.6 Å². The molecule has 22 heavy (non-hydrogen) atoms. The molecular formula is C17H13ClN2OS. The lowest BCUT2D eigenvalue weighted by atomic mass is 10.2. The smallest absolute Gasteiger partial charge is 0.161 e. The van der Waals surface area contributed by atoms with Gasteiger partial charge in [0, 0.05) is 10.5 Å². The zero-order valence-electron chi connectivity index (χ0n) is 11.6. The van der Waals surface area contributed by atoms with Gasteiger partial charge in [0.1, 0.15) is 5.15 Å². The number of hydrogen-bond acceptors (Lipinski definition) is 3. The first-order valence-electron chi connectivity index (χ1n) is 6.75. The molecule has 0 aliphatic carbocycles. The normalized spacial score (nSPS) is 12.0. The molecule has 0 aliphatic heterocycles. The Morgan fingerprint density at radius 3 is 2.23 bits per heavy atom. The fraction of sp³-hybridized carbons (Fsp3) is 0.0588. The van der Waals surface area contributed by atoms with Crippen molar-refractivity contribution in [2.75, 3.05) is 0 Å². The van der Waals surface area contributed by atoms with Gasteiger partial charge in [0.25, 0.3) is 0 Å². The molecule has 0 amide bonds. The van der Waals surface area contributed by atoms with E-state index in [1.54, 1.807) is 6.07 Å². The molecule has 0 saturated heterocycles. The maximum atomic E-state index is 12.4. The molecule has 1 aromatic heterocycles. The lowest BCUT2D eigenvalue weighted by Gasteiger charge is -2.06. The Kier molecular flexibility index (Phi) is 4.61. The van der Waals surface area contributed by atoms with Gasteiger partial charge in [0.15, 0.2) is 5.82 Å². The molecule has 1 unspecified atom stereocenters. The minimum Gasteiger partial charge on any atom is -0.254 e. The van der Waals surface area contributed by atoms with Crippen LogP contribution in [0, 0.1) is 0 Å². The first-order chi connectivity index (χ1) is 10.7. The van der Waals surface area contributed by atoms with Crippen LogP contribution in [0.1, 0.15) is 5.69 Å². The highest BCUT2D eigenvalue weighted by atomic mass is 35.5. The number of halogens is 1. The van der Waals surface area contributed by atoms with Crippen LogP contribution in [0.3, 0.4) is 0 Å². The summed E-state index contributed by atoms with van der Waals surface area (Å²) in [6.45, 7) is 0. The third-order valence-corrected chi connectivity index (χ3v) is 4.61. The first kappa shape index (κ1) is 14.9. The third-order valence-electron chi connectivity index (χ3n) is 3.06. The van der Waals surface area contributed by atoms with Gasteiger partial charge in [-0.3, -0.25) is 4.21 Å². The fourth-order valence-corrected chi connectivity index (χ4v) is 3.29. The molecule has 3 rings (SSSR count). The monoisotopic (exact) mass is 328 g/mol. The average Bonchev–Trinajstić information content (AvgIpc) is 2.56. The minimum absolute atomic E-state index is 0.312. The maximum absolute atomic E-state index is 12.4. The molecule has 3 aromatic rings. The summed E-state index contributed by atoms with van der Waals surface area (Å²) in [5, 5.41) is 0.355. The van der Waals surface area contributed by atoms with Gasteiger partial charge >= 0.3 is 0 Å². The second-order valence-corrected chi connectivity index (χ2v) is 6.51. The van der Waals surface area contributed by atoms with Gasteiger partial charge in [-0.25, -0.2) is 9.97 Å². The second kappa shape index (κ2) is 6.81. The molecule has 1 heterocycles. The molecule has 0 fully saturated rings. The topological polar surface area (TPSA) is 42.9 Å². The van der Waals surface area contributed by atoms with Gasteiger partial charge in [0.2, 0.25) is 0 Å². The van der Waals surface area contributed by atoms with Crippen molar-refractivity contribution in [2.24, 2.45) is 0 Å². The SMILES string of the molecule is O=S(Cc1cc(Cl)nc(-c2ccccc2)n1)c1ccccc1. The van der Waals surface area contributed by atoms with Crippen LogP contribution >= 0.6 is 11.6 Å². The molecule has 0 spiro atoms. The van der Waals surface area contributed by atoms with Gasteiger partial charge in [-0.05, 0) is 18.2 Å². The average molecular weight is 329 g/mol.